The number of hydrogen-bond acceptors (Lipinski definition) is 4. The Morgan fingerprint density at radius 1 is 1.00 bits per heavy atom. The number of anilines is 1. The first-order valence-corrected chi connectivity index (χ1v) is 10.7. The number of sulfonamides is 1. The van der Waals surface area contributed by atoms with Gasteiger partial charge in [-0.15, -0.1) is 0 Å². The van der Waals surface area contributed by atoms with Crippen molar-refractivity contribution in [3.63, 3.8) is 0 Å². The number of amides is 1. The molecule has 0 fully saturated rings. The molecule has 0 saturated heterocycles. The van der Waals surface area contributed by atoms with Crippen LogP contribution in [0.15, 0.2) is 77.7 Å². The summed E-state index contributed by atoms with van der Waals surface area (Å²) in [6.07, 6.45) is 0. The number of rotatable bonds is 8. The number of aryl methyl sites for hydroxylation is 1. The van der Waals surface area contributed by atoms with E-state index < -0.39 is 10.0 Å². The van der Waals surface area contributed by atoms with Gasteiger partial charge in [0.25, 0.3) is 15.9 Å². The van der Waals surface area contributed by atoms with Crippen LogP contribution in [0.4, 0.5) is 10.1 Å². The van der Waals surface area contributed by atoms with Crippen LogP contribution in [0.25, 0.3) is 0 Å². The van der Waals surface area contributed by atoms with Crippen molar-refractivity contribution in [2.45, 2.75) is 11.8 Å². The van der Waals surface area contributed by atoms with Crippen LogP contribution in [-0.2, 0) is 10.0 Å². The van der Waals surface area contributed by atoms with Gasteiger partial charge < -0.3 is 10.1 Å². The highest BCUT2D eigenvalue weighted by Gasteiger charge is 2.15. The van der Waals surface area contributed by atoms with Gasteiger partial charge in [-0.2, -0.15) is 0 Å². The van der Waals surface area contributed by atoms with Crippen molar-refractivity contribution >= 4 is 21.6 Å². The maximum absolute atomic E-state index is 12.9. The molecule has 2 N–H and O–H groups in total. The van der Waals surface area contributed by atoms with Crippen LogP contribution < -0.4 is 14.8 Å². The lowest BCUT2D eigenvalue weighted by molar-refractivity contribution is 0.0947. The second-order valence-electron chi connectivity index (χ2n) is 6.56. The quantitative estimate of drug-likeness (QED) is 0.536. The van der Waals surface area contributed by atoms with Crippen molar-refractivity contribution < 1.29 is 22.3 Å². The summed E-state index contributed by atoms with van der Waals surface area (Å²) in [6.45, 7) is 2.31. The third-order valence-electron chi connectivity index (χ3n) is 4.18. The molecule has 0 unspecified atom stereocenters. The molecule has 0 aliphatic rings. The Bertz CT molecular complexity index is 1110. The van der Waals surface area contributed by atoms with E-state index in [0.29, 0.717) is 11.3 Å². The summed E-state index contributed by atoms with van der Waals surface area (Å²) in [5.74, 6) is -0.221. The molecule has 0 bridgehead atoms. The van der Waals surface area contributed by atoms with Gasteiger partial charge in [-0.05, 0) is 61.5 Å². The van der Waals surface area contributed by atoms with E-state index in [2.05, 4.69) is 10.0 Å². The SMILES string of the molecule is Cc1ccc(S(=O)(=O)Nc2cccc(C(=O)NCCOc3ccc(F)cc3)c2)cc1. The van der Waals surface area contributed by atoms with Gasteiger partial charge in [0.05, 0.1) is 11.4 Å². The van der Waals surface area contributed by atoms with Gasteiger partial charge in [0.1, 0.15) is 18.2 Å². The van der Waals surface area contributed by atoms with Crippen molar-refractivity contribution in [3.05, 3.63) is 89.7 Å². The number of benzene rings is 3. The molecular weight excluding hydrogens is 407 g/mol. The topological polar surface area (TPSA) is 84.5 Å². The lowest BCUT2D eigenvalue weighted by Crippen LogP contribution is -2.28. The molecule has 3 aromatic carbocycles. The molecule has 8 heteroatoms. The molecule has 6 nitrogen and oxygen atoms in total. The van der Waals surface area contributed by atoms with Crippen molar-refractivity contribution in [1.82, 2.24) is 5.32 Å². The number of halogens is 1. The molecule has 1 amide bonds. The van der Waals surface area contributed by atoms with E-state index >= 15 is 0 Å². The van der Waals surface area contributed by atoms with E-state index in [1.54, 1.807) is 30.3 Å². The zero-order valence-electron chi connectivity index (χ0n) is 16.3. The summed E-state index contributed by atoms with van der Waals surface area (Å²) in [5, 5.41) is 2.69. The third kappa shape index (κ3) is 5.81. The fraction of sp³-hybridized carbons (Fsp3) is 0.136. The van der Waals surface area contributed by atoms with Gasteiger partial charge in [-0.25, -0.2) is 12.8 Å². The van der Waals surface area contributed by atoms with Gasteiger partial charge in [-0.1, -0.05) is 23.8 Å². The van der Waals surface area contributed by atoms with E-state index in [-0.39, 0.29) is 35.5 Å². The summed E-state index contributed by atoms with van der Waals surface area (Å²) < 4.78 is 45.8. The standard InChI is InChI=1S/C22H21FN2O4S/c1-16-5-11-21(12-6-16)30(27,28)25-19-4-2-3-17(15-19)22(26)24-13-14-29-20-9-7-18(23)8-10-20/h2-12,15,25H,13-14H2,1H3,(H,24,26). The lowest BCUT2D eigenvalue weighted by Gasteiger charge is -2.11. The van der Waals surface area contributed by atoms with Crippen LogP contribution in [0.1, 0.15) is 15.9 Å². The number of ether oxygens (including phenoxy) is 1. The molecule has 0 aromatic heterocycles. The van der Waals surface area contributed by atoms with Gasteiger partial charge in [-0.3, -0.25) is 9.52 Å². The Labute approximate surface area is 174 Å². The summed E-state index contributed by atoms with van der Waals surface area (Å²) in [6, 6.07) is 18.3. The molecule has 0 spiro atoms. The van der Waals surface area contributed by atoms with Crippen molar-refractivity contribution in [2.24, 2.45) is 0 Å². The normalized spacial score (nSPS) is 11.0. The fourth-order valence-corrected chi connectivity index (χ4v) is 3.67. The van der Waals surface area contributed by atoms with Gasteiger partial charge in [0.2, 0.25) is 0 Å². The van der Waals surface area contributed by atoms with E-state index in [9.17, 15) is 17.6 Å². The highest BCUT2D eigenvalue weighted by atomic mass is 32.2. The minimum Gasteiger partial charge on any atom is -0.492 e. The largest absolute Gasteiger partial charge is 0.492 e. The van der Waals surface area contributed by atoms with Gasteiger partial charge >= 0.3 is 0 Å². The molecule has 0 aliphatic carbocycles. The number of carbonyl (C=O) groups excluding carboxylic acids is 1. The van der Waals surface area contributed by atoms with Crippen LogP contribution in [0.2, 0.25) is 0 Å². The zero-order valence-corrected chi connectivity index (χ0v) is 17.1. The molecule has 0 saturated carbocycles. The van der Waals surface area contributed by atoms with E-state index in [0.717, 1.165) is 5.56 Å². The Balaban J connectivity index is 1.56. The predicted molar refractivity (Wildman–Crippen MR) is 113 cm³/mol. The predicted octanol–water partition coefficient (Wildman–Crippen LogP) is 3.74. The number of hydrogen-bond donors (Lipinski definition) is 2. The van der Waals surface area contributed by atoms with Crippen LogP contribution in [0.3, 0.4) is 0 Å². The highest BCUT2D eigenvalue weighted by Crippen LogP contribution is 2.18. The Kier molecular flexibility index (Phi) is 6.68. The Morgan fingerprint density at radius 3 is 2.40 bits per heavy atom. The highest BCUT2D eigenvalue weighted by molar-refractivity contribution is 7.92. The van der Waals surface area contributed by atoms with Gasteiger partial charge in [0.15, 0.2) is 0 Å². The molecule has 3 aromatic rings. The first-order valence-electron chi connectivity index (χ1n) is 9.20. The molecule has 0 aliphatic heterocycles. The molecule has 0 atom stereocenters. The van der Waals surface area contributed by atoms with Gasteiger partial charge in [0, 0.05) is 11.3 Å². The monoisotopic (exact) mass is 428 g/mol. The minimum atomic E-state index is -3.76. The lowest BCUT2D eigenvalue weighted by atomic mass is 10.2. The minimum absolute atomic E-state index is 0.140. The molecule has 0 radical (unpaired) electrons. The van der Waals surface area contributed by atoms with Crippen LogP contribution in [0, 0.1) is 12.7 Å². The van der Waals surface area contributed by atoms with Crippen molar-refractivity contribution in [2.75, 3.05) is 17.9 Å². The average Bonchev–Trinajstić information content (AvgIpc) is 2.72. The zero-order chi connectivity index (χ0) is 21.6. The summed E-state index contributed by atoms with van der Waals surface area (Å²) in [4.78, 5) is 12.5. The average molecular weight is 428 g/mol. The number of nitrogens with one attached hydrogen (secondary N) is 2. The maximum Gasteiger partial charge on any atom is 0.261 e. The van der Waals surface area contributed by atoms with Crippen LogP contribution >= 0.6 is 0 Å². The maximum atomic E-state index is 12.9. The first-order chi connectivity index (χ1) is 14.3. The van der Waals surface area contributed by atoms with Crippen LogP contribution in [-0.4, -0.2) is 27.5 Å². The first kappa shape index (κ1) is 21.3. The second kappa shape index (κ2) is 9.41. The van der Waals surface area contributed by atoms with Crippen molar-refractivity contribution in [1.29, 1.82) is 0 Å². The fourth-order valence-electron chi connectivity index (χ4n) is 2.62. The third-order valence-corrected chi connectivity index (χ3v) is 5.58. The molecular formula is C22H21FN2O4S. The summed E-state index contributed by atoms with van der Waals surface area (Å²) >= 11 is 0. The molecule has 156 valence electrons. The second-order valence-corrected chi connectivity index (χ2v) is 8.24. The Morgan fingerprint density at radius 2 is 1.70 bits per heavy atom. The van der Waals surface area contributed by atoms with E-state index in [1.165, 1.54) is 42.5 Å². The number of carbonyl (C=O) groups is 1. The summed E-state index contributed by atoms with van der Waals surface area (Å²) in [7, 11) is -3.76. The Hall–Kier alpha value is -3.39. The molecule has 30 heavy (non-hydrogen) atoms. The molecule has 3 rings (SSSR count). The smallest absolute Gasteiger partial charge is 0.261 e. The molecule has 0 heterocycles. The van der Waals surface area contributed by atoms with E-state index in [1.807, 2.05) is 6.92 Å². The summed E-state index contributed by atoms with van der Waals surface area (Å²) in [5.41, 5.74) is 1.54. The van der Waals surface area contributed by atoms with Crippen LogP contribution in [0.5, 0.6) is 5.75 Å². The van der Waals surface area contributed by atoms with Crippen molar-refractivity contribution in [3.8, 4) is 5.75 Å². The van der Waals surface area contributed by atoms with E-state index in [4.69, 9.17) is 4.74 Å².